The molecule has 1 fully saturated rings. The standard InChI is InChI=1S/C11H10O3/c12-10(13)6-11-4-2-1-3-7(11)8-5-9(11)14-8/h1-4,9H,5-6H2,(H,12,13). The normalized spacial score (nSPS) is 36.4. The summed E-state index contributed by atoms with van der Waals surface area (Å²) >= 11 is 0. The fraction of sp³-hybridized carbons (Fsp3) is 0.364. The average Bonchev–Trinajstić information content (AvgIpc) is 2.48. The summed E-state index contributed by atoms with van der Waals surface area (Å²) in [6.45, 7) is 0. The second-order valence-electron chi connectivity index (χ2n) is 3.98. The fourth-order valence-electron chi connectivity index (χ4n) is 2.57. The van der Waals surface area contributed by atoms with Crippen LogP contribution >= 0.6 is 0 Å². The molecule has 0 spiro atoms. The van der Waals surface area contributed by atoms with E-state index in [0.29, 0.717) is 0 Å². The highest BCUT2D eigenvalue weighted by atomic mass is 16.5. The predicted octanol–water partition coefficient (Wildman–Crippen LogP) is 1.63. The topological polar surface area (TPSA) is 46.5 Å². The molecule has 72 valence electrons. The van der Waals surface area contributed by atoms with Gasteiger partial charge in [-0.1, -0.05) is 24.3 Å². The van der Waals surface area contributed by atoms with Crippen molar-refractivity contribution in [3.05, 3.63) is 35.6 Å². The van der Waals surface area contributed by atoms with E-state index in [1.165, 1.54) is 0 Å². The summed E-state index contributed by atoms with van der Waals surface area (Å²) in [6.07, 6.45) is 8.90. The van der Waals surface area contributed by atoms with Crippen molar-refractivity contribution >= 4 is 5.97 Å². The first-order valence-electron chi connectivity index (χ1n) is 4.70. The molecule has 2 aliphatic heterocycles. The van der Waals surface area contributed by atoms with Crippen molar-refractivity contribution < 1.29 is 14.6 Å². The van der Waals surface area contributed by atoms with Gasteiger partial charge in [0.15, 0.2) is 0 Å². The predicted molar refractivity (Wildman–Crippen MR) is 49.5 cm³/mol. The molecule has 4 aliphatic rings. The molecule has 0 aromatic carbocycles. The number of hydrogen-bond donors (Lipinski definition) is 1. The van der Waals surface area contributed by atoms with E-state index in [1.54, 1.807) is 0 Å². The third-order valence-corrected chi connectivity index (χ3v) is 3.24. The lowest BCUT2D eigenvalue weighted by molar-refractivity contribution is -0.140. The summed E-state index contributed by atoms with van der Waals surface area (Å²) in [5.74, 6) is 0.219. The van der Waals surface area contributed by atoms with Crippen molar-refractivity contribution in [1.29, 1.82) is 0 Å². The Kier molecular flexibility index (Phi) is 1.29. The molecule has 3 nitrogen and oxygen atoms in total. The van der Waals surface area contributed by atoms with Gasteiger partial charge in [0.2, 0.25) is 0 Å². The van der Waals surface area contributed by atoms with Gasteiger partial charge in [-0.2, -0.15) is 0 Å². The smallest absolute Gasteiger partial charge is 0.304 e. The van der Waals surface area contributed by atoms with Crippen LogP contribution in [0, 0.1) is 5.41 Å². The summed E-state index contributed by atoms with van der Waals surface area (Å²) in [5.41, 5.74) is 0.711. The zero-order valence-electron chi connectivity index (χ0n) is 7.56. The molecule has 1 N–H and O–H groups in total. The van der Waals surface area contributed by atoms with E-state index in [-0.39, 0.29) is 17.9 Å². The van der Waals surface area contributed by atoms with Gasteiger partial charge in [-0.05, 0) is 0 Å². The zero-order chi connectivity index (χ0) is 9.76. The third-order valence-electron chi connectivity index (χ3n) is 3.24. The molecule has 0 amide bonds. The van der Waals surface area contributed by atoms with Crippen LogP contribution in [-0.4, -0.2) is 17.2 Å². The molecule has 2 aliphatic carbocycles. The highest BCUT2D eigenvalue weighted by Crippen LogP contribution is 2.58. The van der Waals surface area contributed by atoms with Crippen molar-refractivity contribution in [2.24, 2.45) is 5.41 Å². The number of ether oxygens (including phenoxy) is 1. The van der Waals surface area contributed by atoms with Crippen molar-refractivity contribution in [1.82, 2.24) is 0 Å². The van der Waals surface area contributed by atoms with E-state index in [2.05, 4.69) is 0 Å². The van der Waals surface area contributed by atoms with Crippen LogP contribution in [0.1, 0.15) is 12.8 Å². The van der Waals surface area contributed by atoms with Crippen molar-refractivity contribution in [3.63, 3.8) is 0 Å². The Morgan fingerprint density at radius 1 is 1.64 bits per heavy atom. The summed E-state index contributed by atoms with van der Waals surface area (Å²) < 4.78 is 5.52. The monoisotopic (exact) mass is 190 g/mol. The van der Waals surface area contributed by atoms with Gasteiger partial charge in [-0.3, -0.25) is 4.79 Å². The third kappa shape index (κ3) is 0.750. The average molecular weight is 190 g/mol. The lowest BCUT2D eigenvalue weighted by Crippen LogP contribution is -2.36. The Bertz CT molecular complexity index is 395. The van der Waals surface area contributed by atoms with Gasteiger partial charge in [-0.15, -0.1) is 0 Å². The maximum absolute atomic E-state index is 10.8. The Balaban J connectivity index is 2.06. The lowest BCUT2D eigenvalue weighted by atomic mass is 9.74. The van der Waals surface area contributed by atoms with E-state index >= 15 is 0 Å². The van der Waals surface area contributed by atoms with Crippen LogP contribution in [0.4, 0.5) is 0 Å². The molecule has 3 heteroatoms. The van der Waals surface area contributed by atoms with Crippen LogP contribution in [0.3, 0.4) is 0 Å². The second kappa shape index (κ2) is 2.29. The summed E-state index contributed by atoms with van der Waals surface area (Å²) in [6, 6.07) is 0. The minimum atomic E-state index is -0.765. The molecule has 2 bridgehead atoms. The molecule has 0 saturated carbocycles. The van der Waals surface area contributed by atoms with Crippen molar-refractivity contribution in [3.8, 4) is 0 Å². The summed E-state index contributed by atoms with van der Waals surface area (Å²) in [5, 5.41) is 8.91. The second-order valence-corrected chi connectivity index (χ2v) is 3.98. The van der Waals surface area contributed by atoms with Crippen molar-refractivity contribution in [2.75, 3.05) is 0 Å². The van der Waals surface area contributed by atoms with Gasteiger partial charge in [0.05, 0.1) is 11.8 Å². The van der Waals surface area contributed by atoms with Gasteiger partial charge in [0.25, 0.3) is 0 Å². The Morgan fingerprint density at radius 2 is 2.43 bits per heavy atom. The van der Waals surface area contributed by atoms with Gasteiger partial charge in [0.1, 0.15) is 11.9 Å². The molecule has 2 atom stereocenters. The van der Waals surface area contributed by atoms with Crippen LogP contribution in [0.5, 0.6) is 0 Å². The van der Waals surface area contributed by atoms with E-state index in [0.717, 1.165) is 17.8 Å². The van der Waals surface area contributed by atoms with Crippen LogP contribution < -0.4 is 0 Å². The first-order valence-corrected chi connectivity index (χ1v) is 4.70. The molecule has 14 heavy (non-hydrogen) atoms. The molecular formula is C11H10O3. The van der Waals surface area contributed by atoms with E-state index in [1.807, 2.05) is 24.3 Å². The first-order chi connectivity index (χ1) is 6.72. The Hall–Kier alpha value is -1.51. The van der Waals surface area contributed by atoms with E-state index in [9.17, 15) is 4.79 Å². The number of carbonyl (C=O) groups is 1. The number of allylic oxidation sites excluding steroid dienone is 3. The zero-order valence-corrected chi connectivity index (χ0v) is 7.56. The minimum Gasteiger partial charge on any atom is -0.493 e. The van der Waals surface area contributed by atoms with Crippen LogP contribution in [0.15, 0.2) is 35.6 Å². The molecule has 2 unspecified atom stereocenters. The molecular weight excluding hydrogens is 180 g/mol. The van der Waals surface area contributed by atoms with Crippen molar-refractivity contribution in [2.45, 2.75) is 18.9 Å². The van der Waals surface area contributed by atoms with Gasteiger partial charge >= 0.3 is 5.97 Å². The lowest BCUT2D eigenvalue weighted by Gasteiger charge is -2.33. The minimum absolute atomic E-state index is 0.0600. The number of aliphatic carboxylic acids is 1. The molecule has 0 radical (unpaired) electrons. The number of carboxylic acid groups (broad SMARTS) is 1. The largest absolute Gasteiger partial charge is 0.493 e. The molecule has 0 aromatic heterocycles. The van der Waals surface area contributed by atoms with Gasteiger partial charge in [0, 0.05) is 12.0 Å². The van der Waals surface area contributed by atoms with E-state index in [4.69, 9.17) is 9.84 Å². The van der Waals surface area contributed by atoms with Gasteiger partial charge in [-0.25, -0.2) is 0 Å². The number of rotatable bonds is 2. The van der Waals surface area contributed by atoms with Crippen LogP contribution in [-0.2, 0) is 9.53 Å². The van der Waals surface area contributed by atoms with Crippen LogP contribution in [0.25, 0.3) is 0 Å². The highest BCUT2D eigenvalue weighted by molar-refractivity contribution is 5.71. The highest BCUT2D eigenvalue weighted by Gasteiger charge is 2.56. The maximum Gasteiger partial charge on any atom is 0.304 e. The molecule has 4 rings (SSSR count). The quantitative estimate of drug-likeness (QED) is 0.719. The summed E-state index contributed by atoms with van der Waals surface area (Å²) in [7, 11) is 0. The molecule has 1 saturated heterocycles. The Labute approximate surface area is 81.4 Å². The molecule has 2 heterocycles. The van der Waals surface area contributed by atoms with E-state index < -0.39 is 5.97 Å². The molecule has 0 aromatic rings. The van der Waals surface area contributed by atoms with Crippen LogP contribution in [0.2, 0.25) is 0 Å². The summed E-state index contributed by atoms with van der Waals surface area (Å²) in [4.78, 5) is 10.8. The SMILES string of the molecule is O=C(O)CC12C=CC=CC1=C1CC2O1. The first kappa shape index (κ1) is 7.85. The Morgan fingerprint density at radius 3 is 3.14 bits per heavy atom. The fourth-order valence-corrected chi connectivity index (χ4v) is 2.57. The maximum atomic E-state index is 10.8. The number of hydrogen-bond acceptors (Lipinski definition) is 2. The number of carboxylic acids is 1. The van der Waals surface area contributed by atoms with Gasteiger partial charge < -0.3 is 9.84 Å².